The van der Waals surface area contributed by atoms with Crippen molar-refractivity contribution in [3.8, 4) is 0 Å². The first kappa shape index (κ1) is 13.0. The molecule has 0 unspecified atom stereocenters. The summed E-state index contributed by atoms with van der Waals surface area (Å²) in [6, 6.07) is 1.50. The van der Waals surface area contributed by atoms with Crippen LogP contribution in [0.15, 0.2) is 12.3 Å². The summed E-state index contributed by atoms with van der Waals surface area (Å²) >= 11 is 0. The maximum Gasteiger partial charge on any atom is 0.339 e. The van der Waals surface area contributed by atoms with Gasteiger partial charge in [-0.25, -0.2) is 9.78 Å². The molecule has 0 saturated carbocycles. The number of carbonyl (C=O) groups is 2. The average Bonchev–Trinajstić information content (AvgIpc) is 2.35. The number of rotatable bonds is 5. The van der Waals surface area contributed by atoms with Crippen LogP contribution in [0.1, 0.15) is 22.3 Å². The predicted octanol–water partition coefficient (Wildman–Crippen LogP) is 0.927. The van der Waals surface area contributed by atoms with E-state index in [-0.39, 0.29) is 18.0 Å². The summed E-state index contributed by atoms with van der Waals surface area (Å²) in [4.78, 5) is 25.9. The monoisotopic (exact) mass is 238 g/mol. The molecule has 1 heterocycles. The molecule has 0 saturated heterocycles. The molecule has 0 amide bonds. The number of ether oxygens (including phenoxy) is 1. The van der Waals surface area contributed by atoms with Crippen molar-refractivity contribution in [3.05, 3.63) is 23.4 Å². The topological polar surface area (TPSA) is 88.5 Å². The number of esters is 1. The number of carboxylic acid groups (broad SMARTS) is 1. The van der Waals surface area contributed by atoms with Crippen LogP contribution in [-0.4, -0.2) is 36.2 Å². The van der Waals surface area contributed by atoms with Gasteiger partial charge in [-0.2, -0.15) is 0 Å². The van der Waals surface area contributed by atoms with E-state index in [0.717, 1.165) is 0 Å². The Morgan fingerprint density at radius 3 is 2.76 bits per heavy atom. The lowest BCUT2D eigenvalue weighted by atomic mass is 10.1. The number of methoxy groups -OCH3 is 1. The molecule has 0 aliphatic rings. The highest BCUT2D eigenvalue weighted by Crippen LogP contribution is 2.14. The lowest BCUT2D eigenvalue weighted by Crippen LogP contribution is -2.07. The van der Waals surface area contributed by atoms with Crippen LogP contribution in [-0.2, 0) is 16.0 Å². The highest BCUT2D eigenvalue weighted by molar-refractivity contribution is 5.93. The van der Waals surface area contributed by atoms with Gasteiger partial charge < -0.3 is 15.2 Å². The number of pyridine rings is 1. The fourth-order valence-corrected chi connectivity index (χ4v) is 1.36. The standard InChI is InChI=1S/C11H14N2O4/c1-12-10-8(11(15)16)5-7(6-13-10)3-4-9(14)17-2/h5-6H,3-4H2,1-2H3,(H,12,13)(H,15,16). The molecule has 0 aliphatic heterocycles. The summed E-state index contributed by atoms with van der Waals surface area (Å²) in [5.41, 5.74) is 0.779. The van der Waals surface area contributed by atoms with Crippen molar-refractivity contribution in [3.63, 3.8) is 0 Å². The third kappa shape index (κ3) is 3.44. The number of hydrogen-bond acceptors (Lipinski definition) is 5. The second-order valence-electron chi connectivity index (χ2n) is 3.37. The van der Waals surface area contributed by atoms with Crippen LogP contribution in [0.25, 0.3) is 0 Å². The van der Waals surface area contributed by atoms with Gasteiger partial charge in [0.25, 0.3) is 0 Å². The number of carbonyl (C=O) groups excluding carboxylic acids is 1. The van der Waals surface area contributed by atoms with Gasteiger partial charge in [-0.05, 0) is 18.1 Å². The van der Waals surface area contributed by atoms with E-state index >= 15 is 0 Å². The van der Waals surface area contributed by atoms with Gasteiger partial charge in [-0.1, -0.05) is 0 Å². The Bertz CT molecular complexity index is 431. The highest BCUT2D eigenvalue weighted by atomic mass is 16.5. The molecule has 6 heteroatoms. The predicted molar refractivity (Wildman–Crippen MR) is 61.1 cm³/mol. The maximum absolute atomic E-state index is 11.0. The normalized spacial score (nSPS) is 9.76. The van der Waals surface area contributed by atoms with Crippen LogP contribution < -0.4 is 5.32 Å². The second-order valence-corrected chi connectivity index (χ2v) is 3.37. The summed E-state index contributed by atoms with van der Waals surface area (Å²) in [5, 5.41) is 11.7. The first-order valence-corrected chi connectivity index (χ1v) is 5.05. The molecule has 0 bridgehead atoms. The molecule has 0 spiro atoms. The Hall–Kier alpha value is -2.11. The van der Waals surface area contributed by atoms with E-state index in [2.05, 4.69) is 15.0 Å². The van der Waals surface area contributed by atoms with Crippen LogP contribution in [0.2, 0.25) is 0 Å². The third-order valence-corrected chi connectivity index (χ3v) is 2.26. The number of nitrogens with zero attached hydrogens (tertiary/aromatic N) is 1. The molecule has 0 aromatic carbocycles. The summed E-state index contributed by atoms with van der Waals surface area (Å²) in [7, 11) is 2.91. The van der Waals surface area contributed by atoms with E-state index in [1.807, 2.05) is 0 Å². The molecule has 0 aliphatic carbocycles. The molecule has 17 heavy (non-hydrogen) atoms. The first-order valence-electron chi connectivity index (χ1n) is 5.05. The molecule has 6 nitrogen and oxygen atoms in total. The van der Waals surface area contributed by atoms with Crippen LogP contribution in [0.5, 0.6) is 0 Å². The minimum absolute atomic E-state index is 0.0925. The number of anilines is 1. The molecule has 1 rings (SSSR count). The van der Waals surface area contributed by atoms with E-state index in [9.17, 15) is 9.59 Å². The second kappa shape index (κ2) is 5.83. The van der Waals surface area contributed by atoms with E-state index < -0.39 is 5.97 Å². The van der Waals surface area contributed by atoms with Crippen molar-refractivity contribution in [2.75, 3.05) is 19.5 Å². The number of nitrogens with one attached hydrogen (secondary N) is 1. The van der Waals surface area contributed by atoms with Crippen molar-refractivity contribution in [2.45, 2.75) is 12.8 Å². The molecule has 92 valence electrons. The Labute approximate surface area is 98.6 Å². The largest absolute Gasteiger partial charge is 0.478 e. The zero-order chi connectivity index (χ0) is 12.8. The molecular formula is C11H14N2O4. The summed E-state index contributed by atoms with van der Waals surface area (Å²) in [6.07, 6.45) is 2.15. The Kier molecular flexibility index (Phi) is 4.45. The molecule has 0 radical (unpaired) electrons. The Balaban J connectivity index is 2.85. The molecular weight excluding hydrogens is 224 g/mol. The van der Waals surface area contributed by atoms with Crippen LogP contribution in [0.4, 0.5) is 5.82 Å². The van der Waals surface area contributed by atoms with Crippen molar-refractivity contribution in [2.24, 2.45) is 0 Å². The van der Waals surface area contributed by atoms with Gasteiger partial charge in [-0.15, -0.1) is 0 Å². The molecule has 0 fully saturated rings. The van der Waals surface area contributed by atoms with Gasteiger partial charge in [-0.3, -0.25) is 4.79 Å². The van der Waals surface area contributed by atoms with Gasteiger partial charge in [0, 0.05) is 19.7 Å². The molecule has 1 aromatic heterocycles. The number of aromatic carboxylic acids is 1. The third-order valence-electron chi connectivity index (χ3n) is 2.26. The van der Waals surface area contributed by atoms with Crippen molar-refractivity contribution >= 4 is 17.8 Å². The van der Waals surface area contributed by atoms with E-state index in [1.165, 1.54) is 13.2 Å². The Morgan fingerprint density at radius 1 is 1.53 bits per heavy atom. The number of hydrogen-bond donors (Lipinski definition) is 2. The summed E-state index contributed by atoms with van der Waals surface area (Å²) in [5.74, 6) is -1.08. The van der Waals surface area contributed by atoms with Gasteiger partial charge in [0.15, 0.2) is 0 Å². The van der Waals surface area contributed by atoms with Gasteiger partial charge in [0.2, 0.25) is 0 Å². The van der Waals surface area contributed by atoms with E-state index in [4.69, 9.17) is 5.11 Å². The van der Waals surface area contributed by atoms with Gasteiger partial charge >= 0.3 is 11.9 Å². The average molecular weight is 238 g/mol. The van der Waals surface area contributed by atoms with Crippen LogP contribution >= 0.6 is 0 Å². The lowest BCUT2D eigenvalue weighted by molar-refractivity contribution is -0.140. The minimum atomic E-state index is -1.05. The maximum atomic E-state index is 11.0. The fourth-order valence-electron chi connectivity index (χ4n) is 1.36. The highest BCUT2D eigenvalue weighted by Gasteiger charge is 2.12. The number of aryl methyl sites for hydroxylation is 1. The van der Waals surface area contributed by atoms with Crippen molar-refractivity contribution in [1.29, 1.82) is 0 Å². The van der Waals surface area contributed by atoms with Crippen LogP contribution in [0, 0.1) is 0 Å². The summed E-state index contributed by atoms with van der Waals surface area (Å²) < 4.78 is 4.51. The SMILES string of the molecule is CNc1ncc(CCC(=O)OC)cc1C(=O)O. The lowest BCUT2D eigenvalue weighted by Gasteiger charge is -2.06. The van der Waals surface area contributed by atoms with Crippen LogP contribution in [0.3, 0.4) is 0 Å². The minimum Gasteiger partial charge on any atom is -0.478 e. The van der Waals surface area contributed by atoms with Gasteiger partial charge in [0.05, 0.1) is 7.11 Å². The Morgan fingerprint density at radius 2 is 2.24 bits per heavy atom. The zero-order valence-electron chi connectivity index (χ0n) is 9.69. The van der Waals surface area contributed by atoms with E-state index in [0.29, 0.717) is 17.8 Å². The molecule has 1 aromatic rings. The smallest absolute Gasteiger partial charge is 0.339 e. The molecule has 2 N–H and O–H groups in total. The van der Waals surface area contributed by atoms with Crippen molar-refractivity contribution < 1.29 is 19.4 Å². The quantitative estimate of drug-likeness (QED) is 0.742. The number of carboxylic acids is 1. The number of aromatic nitrogens is 1. The van der Waals surface area contributed by atoms with Crippen molar-refractivity contribution in [1.82, 2.24) is 4.98 Å². The fraction of sp³-hybridized carbons (Fsp3) is 0.364. The summed E-state index contributed by atoms with van der Waals surface area (Å²) in [6.45, 7) is 0. The van der Waals surface area contributed by atoms with Gasteiger partial charge in [0.1, 0.15) is 11.4 Å². The molecule has 0 atom stereocenters. The van der Waals surface area contributed by atoms with E-state index in [1.54, 1.807) is 13.2 Å². The first-order chi connectivity index (χ1) is 8.08. The zero-order valence-corrected chi connectivity index (χ0v) is 9.69.